The second-order valence-corrected chi connectivity index (χ2v) is 54.1. The first kappa shape index (κ1) is 80.3. The van der Waals surface area contributed by atoms with Gasteiger partial charge in [0.2, 0.25) is 0 Å². The lowest BCUT2D eigenvalue weighted by molar-refractivity contribution is 0.318. The van der Waals surface area contributed by atoms with Gasteiger partial charge in [-0.25, -0.2) is 61.0 Å². The van der Waals surface area contributed by atoms with Crippen molar-refractivity contribution in [2.24, 2.45) is 54.2 Å². The lowest BCUT2D eigenvalue weighted by atomic mass is 10.3. The summed E-state index contributed by atoms with van der Waals surface area (Å²) in [5.41, 5.74) is 0. The molecule has 0 aliphatic carbocycles. The summed E-state index contributed by atoms with van der Waals surface area (Å²) in [6, 6.07) is 3.31. The molecule has 99 heavy (non-hydrogen) atoms. The molecule has 0 aromatic heterocycles. The fourth-order valence-electron chi connectivity index (χ4n) is 12.0. The zero-order valence-electron chi connectivity index (χ0n) is 59.7. The van der Waals surface area contributed by atoms with Crippen molar-refractivity contribution in [1.82, 2.24) is 61.0 Å². The molecule has 0 bridgehead atoms. The summed E-state index contributed by atoms with van der Waals surface area (Å²) >= 11 is 0. The van der Waals surface area contributed by atoms with Crippen molar-refractivity contribution in [3.63, 3.8) is 0 Å². The predicted octanol–water partition coefficient (Wildman–Crippen LogP) is 16.1. The molecule has 37 nitrogen and oxygen atoms in total. The molecule has 49 heteroatoms. The van der Waals surface area contributed by atoms with Gasteiger partial charge in [0.05, 0.1) is 79.3 Å². The molecule has 572 valence electrons. The van der Waals surface area contributed by atoms with Crippen LogP contribution in [0.4, 0.5) is 0 Å². The maximum Gasteiger partial charge on any atom is 0.281 e. The molecule has 12 spiro atoms. The molecule has 16 rings (SSSR count). The van der Waals surface area contributed by atoms with Gasteiger partial charge in [-0.15, -0.1) is 0 Å². The molecule has 16 aliphatic rings. The Labute approximate surface area is 588 Å². The predicted molar refractivity (Wildman–Crippen MR) is 403 cm³/mol. The third-order valence-corrected chi connectivity index (χ3v) is 56.3. The van der Waals surface area contributed by atoms with Crippen LogP contribution in [-0.4, -0.2) is 163 Å². The summed E-state index contributed by atoms with van der Waals surface area (Å²) in [6.45, 7) is 35.2. The molecule has 0 aromatic carbocycles. The van der Waals surface area contributed by atoms with E-state index in [2.05, 4.69) is 144 Å². The lowest BCUT2D eigenvalue weighted by Gasteiger charge is -2.29. The average Bonchev–Trinajstić information content (AvgIpc) is 1.62. The molecule has 12 fully saturated rings. The van der Waals surface area contributed by atoms with Crippen LogP contribution in [-0.2, 0) is 54.3 Å². The third-order valence-electron chi connectivity index (χ3n) is 18.5. The van der Waals surface area contributed by atoms with E-state index in [1.165, 1.54) is 0 Å². The first-order chi connectivity index (χ1) is 47.6. The Bertz CT molecular complexity index is 2780. The van der Waals surface area contributed by atoms with E-state index < -0.39 is 91.0 Å². The van der Waals surface area contributed by atoms with Crippen LogP contribution < -0.4 is 61.0 Å². The maximum atomic E-state index is 7.57. The van der Waals surface area contributed by atoms with Gasteiger partial charge >= 0.3 is 0 Å². The Hall–Kier alpha value is 1.76. The normalized spacial score (nSPS) is 49.0. The standard InChI is InChI=1S/4C12H27N6O3P3.C2H6O/c4*1-4-10-7-19-22(13-10)16-23(14-11(5-2)8-20-23)18-24(17-22)15-12(6-3)9-21-24;1-2-3/h4*10-15H,4-9H2,1-3H3;3H,2H2,1H3/t4*10-,11-,12-,22?,23?,24?;/m1111./s1. The Kier molecular flexibility index (Phi) is 27.1. The number of nitrogens with zero attached hydrogens (tertiary/aromatic N) is 12. The maximum absolute atomic E-state index is 7.57. The van der Waals surface area contributed by atoms with E-state index in [0.717, 1.165) is 77.0 Å². The molecule has 12 atom stereocenters. The smallest absolute Gasteiger partial charge is 0.281 e. The number of aliphatic hydroxyl groups is 1. The summed E-state index contributed by atoms with van der Waals surface area (Å²) in [5.74, 6) is 0. The highest BCUT2D eigenvalue weighted by molar-refractivity contribution is 7.83. The Morgan fingerprint density at radius 3 is 0.313 bits per heavy atom. The van der Waals surface area contributed by atoms with Crippen LogP contribution in [0.1, 0.15) is 167 Å². The van der Waals surface area contributed by atoms with Crippen molar-refractivity contribution >= 4 is 91.0 Å². The van der Waals surface area contributed by atoms with Crippen LogP contribution in [0.25, 0.3) is 0 Å². The fraction of sp³-hybridized carbons (Fsp3) is 1.00. The first-order valence-electron chi connectivity index (χ1n) is 35.9. The van der Waals surface area contributed by atoms with E-state index in [1.807, 2.05) is 0 Å². The van der Waals surface area contributed by atoms with Gasteiger partial charge in [0, 0.05) is 79.1 Å². The Morgan fingerprint density at radius 2 is 0.263 bits per heavy atom. The quantitative estimate of drug-likeness (QED) is 0.0807. The molecule has 0 amide bonds. The van der Waals surface area contributed by atoms with E-state index in [1.54, 1.807) is 6.92 Å². The lowest BCUT2D eigenvalue weighted by Crippen LogP contribution is -2.23. The monoisotopic (exact) mass is 1630 g/mol. The molecule has 12 saturated heterocycles. The highest BCUT2D eigenvalue weighted by Crippen LogP contribution is 2.83. The minimum Gasteiger partial charge on any atom is -0.397 e. The summed E-state index contributed by atoms with van der Waals surface area (Å²) in [5, 5.41) is 50.0. The number of rotatable bonds is 12. The van der Waals surface area contributed by atoms with E-state index >= 15 is 0 Å². The largest absolute Gasteiger partial charge is 0.397 e. The van der Waals surface area contributed by atoms with Gasteiger partial charge in [-0.05, 0) is 84.0 Å². The van der Waals surface area contributed by atoms with E-state index in [4.69, 9.17) is 114 Å². The molecule has 0 radical (unpaired) electrons. The molecule has 13 N–H and O–H groups in total. The minimum atomic E-state index is -2.49. The topological polar surface area (TPSA) is 424 Å². The van der Waals surface area contributed by atoms with Crippen molar-refractivity contribution in [2.45, 2.75) is 240 Å². The van der Waals surface area contributed by atoms with Crippen LogP contribution in [0.2, 0.25) is 0 Å². The fourth-order valence-corrected chi connectivity index (χ4v) is 57.6. The molecular formula is C50H114N24O13P12. The van der Waals surface area contributed by atoms with E-state index in [0.29, 0.717) is 79.3 Å². The van der Waals surface area contributed by atoms with Crippen LogP contribution in [0.15, 0.2) is 54.2 Å². The zero-order chi connectivity index (χ0) is 70.1. The number of hydrogen-bond donors (Lipinski definition) is 13. The van der Waals surface area contributed by atoms with Gasteiger partial charge in [0.1, 0.15) is 0 Å². The van der Waals surface area contributed by atoms with E-state index in [-0.39, 0.29) is 79.1 Å². The van der Waals surface area contributed by atoms with Gasteiger partial charge in [-0.1, -0.05) is 83.1 Å². The Balaban J connectivity index is 0.000000124. The number of nitrogens with one attached hydrogen (secondary N) is 12. The van der Waals surface area contributed by atoms with Crippen LogP contribution in [0, 0.1) is 0 Å². The SMILES string of the molecule is CCO.CC[C@@H]1COP2(=NP3(=NP4(=N2)N[C@H](CC)CO4)N[C@H](CC)CO3)N1.CC[C@@H]1COP2(=NP3(=NP4(=N2)N[C@H](CC)CO4)N[C@H](CC)CO3)N1.CC[C@@H]1COP2(=NP3(=NP4(=N2)N[C@H](CC)CO4)N[C@H](CC)CO3)N1.CC[C@@H]1COP2(=NP3(=NP4(=N2)N[C@H](CC)CO4)N[C@H](CC)CO3)N1. The Morgan fingerprint density at radius 1 is 0.192 bits per heavy atom. The van der Waals surface area contributed by atoms with Crippen LogP contribution in [0.5, 0.6) is 0 Å². The number of aliphatic hydroxyl groups excluding tert-OH is 1. The first-order valence-corrected chi connectivity index (χ1v) is 55.3. The molecule has 16 aliphatic heterocycles. The van der Waals surface area contributed by atoms with Crippen molar-refractivity contribution in [1.29, 1.82) is 0 Å². The van der Waals surface area contributed by atoms with Gasteiger partial charge in [-0.2, -0.15) is 54.2 Å². The summed E-state index contributed by atoms with van der Waals surface area (Å²) in [7, 11) is -29.8. The van der Waals surface area contributed by atoms with Crippen molar-refractivity contribution in [2.75, 3.05) is 85.9 Å². The summed E-state index contributed by atoms with van der Waals surface area (Å²) in [6.07, 6.45) is 11.8. The highest BCUT2D eigenvalue weighted by atomic mass is 31.3. The summed E-state index contributed by atoms with van der Waals surface area (Å²) in [4.78, 5) is 0. The van der Waals surface area contributed by atoms with Gasteiger partial charge in [0.15, 0.2) is 0 Å². The van der Waals surface area contributed by atoms with Gasteiger partial charge in [-0.3, -0.25) is 0 Å². The molecular weight excluding hydrogens is 1520 g/mol. The van der Waals surface area contributed by atoms with Crippen molar-refractivity contribution < 1.29 is 59.4 Å². The second kappa shape index (κ2) is 33.4. The van der Waals surface area contributed by atoms with Gasteiger partial charge < -0.3 is 59.4 Å². The number of hydrogen-bond acceptors (Lipinski definition) is 37. The van der Waals surface area contributed by atoms with Crippen molar-refractivity contribution in [3.8, 4) is 0 Å². The van der Waals surface area contributed by atoms with E-state index in [9.17, 15) is 0 Å². The van der Waals surface area contributed by atoms with Crippen molar-refractivity contribution in [3.05, 3.63) is 0 Å². The molecule has 0 unspecified atom stereocenters. The second-order valence-electron chi connectivity index (χ2n) is 26.3. The average molecular weight is 1630 g/mol. The molecule has 0 saturated carbocycles. The van der Waals surface area contributed by atoms with Crippen LogP contribution in [0.3, 0.4) is 0 Å². The minimum absolute atomic E-state index is 0.250. The zero-order valence-corrected chi connectivity index (χ0v) is 70.4. The van der Waals surface area contributed by atoms with Crippen LogP contribution >= 0.6 is 91.0 Å². The third kappa shape index (κ3) is 18.1. The molecule has 0 aromatic rings. The molecule has 16 heterocycles. The summed E-state index contributed by atoms with van der Waals surface area (Å²) < 4.78 is 133. The van der Waals surface area contributed by atoms with Gasteiger partial charge in [0.25, 0.3) is 91.0 Å². The highest BCUT2D eigenvalue weighted by Gasteiger charge is 2.54.